The van der Waals surface area contributed by atoms with Gasteiger partial charge in [-0.15, -0.1) is 0 Å². The van der Waals surface area contributed by atoms with Gasteiger partial charge in [0.15, 0.2) is 0 Å². The summed E-state index contributed by atoms with van der Waals surface area (Å²) in [5.74, 6) is -0.289. The third kappa shape index (κ3) is 5.77. The molecule has 3 rings (SSSR count). The molecule has 0 saturated heterocycles. The van der Waals surface area contributed by atoms with Crippen LogP contribution in [0.25, 0.3) is 0 Å². The van der Waals surface area contributed by atoms with Crippen molar-refractivity contribution in [1.29, 1.82) is 0 Å². The number of aryl methyl sites for hydroxylation is 1. The smallest absolute Gasteiger partial charge is 0.255 e. The van der Waals surface area contributed by atoms with Gasteiger partial charge in [-0.2, -0.15) is 0 Å². The van der Waals surface area contributed by atoms with Gasteiger partial charge < -0.3 is 19.9 Å². The van der Waals surface area contributed by atoms with Crippen molar-refractivity contribution in [1.82, 2.24) is 20.2 Å². The van der Waals surface area contributed by atoms with Crippen molar-refractivity contribution >= 4 is 11.8 Å². The lowest BCUT2D eigenvalue weighted by Gasteiger charge is -2.26. The van der Waals surface area contributed by atoms with Crippen LogP contribution in [0.4, 0.5) is 4.39 Å². The molecule has 0 aliphatic rings. The minimum atomic E-state index is -0.810. The number of nitrogens with zero attached hydrogens (tertiary/aromatic N) is 2. The van der Waals surface area contributed by atoms with Gasteiger partial charge in [-0.25, -0.2) is 9.37 Å². The molecular weight excluding hydrogens is 423 g/mol. The van der Waals surface area contributed by atoms with E-state index in [0.717, 1.165) is 0 Å². The monoisotopic (exact) mass is 452 g/mol. The van der Waals surface area contributed by atoms with E-state index in [4.69, 9.17) is 4.74 Å². The van der Waals surface area contributed by atoms with E-state index < -0.39 is 18.0 Å². The van der Waals surface area contributed by atoms with Gasteiger partial charge in [-0.05, 0) is 42.7 Å². The van der Waals surface area contributed by atoms with Crippen LogP contribution in [-0.2, 0) is 11.8 Å². The molecule has 0 bridgehead atoms. The van der Waals surface area contributed by atoms with Crippen LogP contribution in [0.2, 0.25) is 0 Å². The highest BCUT2D eigenvalue weighted by atomic mass is 19.1. The predicted octanol–water partition coefficient (Wildman–Crippen LogP) is 3.62. The fraction of sp³-hybridized carbons (Fsp3) is 0.320. The summed E-state index contributed by atoms with van der Waals surface area (Å²) in [7, 11) is 1.82. The van der Waals surface area contributed by atoms with Gasteiger partial charge in [0.25, 0.3) is 5.91 Å². The fourth-order valence-electron chi connectivity index (χ4n) is 3.53. The first kappa shape index (κ1) is 24.0. The number of imidazole rings is 1. The molecule has 0 unspecified atom stereocenters. The minimum Gasteiger partial charge on any atom is -0.493 e. The Hall–Kier alpha value is -3.68. The number of hydrogen-bond donors (Lipinski definition) is 2. The van der Waals surface area contributed by atoms with E-state index in [9.17, 15) is 14.0 Å². The lowest BCUT2D eigenvalue weighted by atomic mass is 10.0. The summed E-state index contributed by atoms with van der Waals surface area (Å²) in [6, 6.07) is 11.4. The van der Waals surface area contributed by atoms with E-state index >= 15 is 0 Å². The highest BCUT2D eigenvalue weighted by Gasteiger charge is 2.29. The van der Waals surface area contributed by atoms with Gasteiger partial charge in [0.2, 0.25) is 5.91 Å². The Labute approximate surface area is 193 Å². The first-order valence-electron chi connectivity index (χ1n) is 10.9. The number of carbonyl (C=O) groups excluding carboxylic acids is 2. The summed E-state index contributed by atoms with van der Waals surface area (Å²) in [6.45, 7) is 5.97. The summed E-state index contributed by atoms with van der Waals surface area (Å²) >= 11 is 0. The third-order valence-corrected chi connectivity index (χ3v) is 5.27. The zero-order valence-corrected chi connectivity index (χ0v) is 19.2. The third-order valence-electron chi connectivity index (χ3n) is 5.27. The Balaban J connectivity index is 1.85. The van der Waals surface area contributed by atoms with E-state index in [1.165, 1.54) is 12.1 Å². The molecule has 0 aliphatic heterocycles. The highest BCUT2D eigenvalue weighted by molar-refractivity contribution is 5.99. The van der Waals surface area contributed by atoms with Crippen LogP contribution in [0, 0.1) is 11.7 Å². The number of para-hydroxylation sites is 1. The zero-order chi connectivity index (χ0) is 24.0. The Morgan fingerprint density at radius 2 is 1.79 bits per heavy atom. The molecule has 3 aromatic rings. The van der Waals surface area contributed by atoms with Crippen molar-refractivity contribution in [2.45, 2.75) is 32.9 Å². The van der Waals surface area contributed by atoms with Gasteiger partial charge in [0.1, 0.15) is 29.5 Å². The van der Waals surface area contributed by atoms with Crippen molar-refractivity contribution in [3.63, 3.8) is 0 Å². The van der Waals surface area contributed by atoms with Gasteiger partial charge >= 0.3 is 0 Å². The average molecular weight is 453 g/mol. The number of nitrogens with one attached hydrogen (secondary N) is 2. The number of ether oxygens (including phenoxy) is 1. The summed E-state index contributed by atoms with van der Waals surface area (Å²) in [6.07, 6.45) is 3.40. The molecule has 0 fully saturated rings. The topological polar surface area (TPSA) is 85.2 Å². The van der Waals surface area contributed by atoms with Gasteiger partial charge in [-0.3, -0.25) is 9.59 Å². The molecule has 1 heterocycles. The Morgan fingerprint density at radius 3 is 2.39 bits per heavy atom. The lowest BCUT2D eigenvalue weighted by Crippen LogP contribution is -2.50. The van der Waals surface area contributed by atoms with Gasteiger partial charge in [0, 0.05) is 19.4 Å². The van der Waals surface area contributed by atoms with Crippen molar-refractivity contribution in [2.75, 3.05) is 6.61 Å². The van der Waals surface area contributed by atoms with E-state index in [2.05, 4.69) is 15.6 Å². The van der Waals surface area contributed by atoms with E-state index in [1.54, 1.807) is 53.4 Å². The second kappa shape index (κ2) is 10.8. The predicted molar refractivity (Wildman–Crippen MR) is 123 cm³/mol. The molecule has 0 saturated carbocycles. The fourth-order valence-corrected chi connectivity index (χ4v) is 3.53. The van der Waals surface area contributed by atoms with Crippen molar-refractivity contribution in [2.24, 2.45) is 13.0 Å². The van der Waals surface area contributed by atoms with Crippen LogP contribution < -0.4 is 15.4 Å². The molecule has 0 spiro atoms. The second-order valence-corrected chi connectivity index (χ2v) is 8.01. The number of benzene rings is 2. The van der Waals surface area contributed by atoms with Gasteiger partial charge in [0.05, 0.1) is 12.2 Å². The summed E-state index contributed by atoms with van der Waals surface area (Å²) in [5, 5.41) is 5.82. The minimum absolute atomic E-state index is 0.191. The Kier molecular flexibility index (Phi) is 7.82. The summed E-state index contributed by atoms with van der Waals surface area (Å²) in [5.41, 5.74) is 1.03. The molecule has 2 amide bonds. The summed E-state index contributed by atoms with van der Waals surface area (Å²) < 4.78 is 20.8. The van der Waals surface area contributed by atoms with Crippen molar-refractivity contribution in [3.8, 4) is 5.75 Å². The maximum atomic E-state index is 13.5. The molecule has 7 nitrogen and oxygen atoms in total. The van der Waals surface area contributed by atoms with E-state index in [0.29, 0.717) is 29.3 Å². The first-order chi connectivity index (χ1) is 15.8. The Bertz CT molecular complexity index is 1100. The number of aromatic nitrogens is 2. The molecule has 2 atom stereocenters. The lowest BCUT2D eigenvalue weighted by molar-refractivity contribution is -0.124. The molecule has 1 aromatic heterocycles. The average Bonchev–Trinajstić information content (AvgIpc) is 3.22. The van der Waals surface area contributed by atoms with Crippen molar-refractivity contribution in [3.05, 3.63) is 83.7 Å². The van der Waals surface area contributed by atoms with Crippen LogP contribution >= 0.6 is 0 Å². The quantitative estimate of drug-likeness (QED) is 0.519. The molecule has 0 radical (unpaired) electrons. The van der Waals surface area contributed by atoms with Crippen LogP contribution in [0.1, 0.15) is 48.6 Å². The first-order valence-corrected chi connectivity index (χ1v) is 10.9. The number of carbonyl (C=O) groups is 2. The number of amides is 2. The van der Waals surface area contributed by atoms with Gasteiger partial charge in [-0.1, -0.05) is 38.1 Å². The molecule has 174 valence electrons. The standard InChI is InChI=1S/C25H29FN4O3/c1-5-33-20-9-7-6-8-19(20)24(31)28-21(16(2)3)25(32)29-22(23-27-14-15-30(23)4)17-10-12-18(26)13-11-17/h6-16,21-22H,5H2,1-4H3,(H,28,31)(H,29,32)/t21-,22+/m0/s1. The van der Waals surface area contributed by atoms with Crippen LogP contribution in [0.15, 0.2) is 60.9 Å². The van der Waals surface area contributed by atoms with E-state index in [1.807, 2.05) is 27.8 Å². The number of hydrogen-bond acceptors (Lipinski definition) is 4. The van der Waals surface area contributed by atoms with Crippen LogP contribution in [0.3, 0.4) is 0 Å². The maximum absolute atomic E-state index is 13.5. The molecule has 33 heavy (non-hydrogen) atoms. The second-order valence-electron chi connectivity index (χ2n) is 8.01. The van der Waals surface area contributed by atoms with Crippen LogP contribution in [-0.4, -0.2) is 34.0 Å². The maximum Gasteiger partial charge on any atom is 0.255 e. The van der Waals surface area contributed by atoms with Crippen molar-refractivity contribution < 1.29 is 18.7 Å². The zero-order valence-electron chi connectivity index (χ0n) is 19.2. The SMILES string of the molecule is CCOc1ccccc1C(=O)N[C@H](C(=O)N[C@H](c1ccc(F)cc1)c1nccn1C)C(C)C. The molecular formula is C25H29FN4O3. The largest absolute Gasteiger partial charge is 0.493 e. The molecule has 8 heteroatoms. The van der Waals surface area contributed by atoms with E-state index in [-0.39, 0.29) is 17.6 Å². The highest BCUT2D eigenvalue weighted by Crippen LogP contribution is 2.22. The molecule has 0 aliphatic carbocycles. The molecule has 2 N–H and O–H groups in total. The Morgan fingerprint density at radius 1 is 1.09 bits per heavy atom. The molecule has 2 aromatic carbocycles. The normalized spacial score (nSPS) is 12.8. The summed E-state index contributed by atoms with van der Waals surface area (Å²) in [4.78, 5) is 30.7. The number of rotatable bonds is 9. The number of halogens is 1. The van der Waals surface area contributed by atoms with Crippen LogP contribution in [0.5, 0.6) is 5.75 Å².